The molecule has 0 aromatic heterocycles. The Morgan fingerprint density at radius 2 is 2.09 bits per heavy atom. The van der Waals surface area contributed by atoms with Crippen LogP contribution in [0.15, 0.2) is 24.3 Å². The molecule has 2 aliphatic rings. The summed E-state index contributed by atoms with van der Waals surface area (Å²) in [5.74, 6) is 0.0585. The van der Waals surface area contributed by atoms with Crippen molar-refractivity contribution >= 4 is 11.6 Å². The quantitative estimate of drug-likeness (QED) is 0.651. The number of benzene rings is 1. The molecule has 124 valence electrons. The summed E-state index contributed by atoms with van der Waals surface area (Å²) in [4.78, 5) is 27.2. The fourth-order valence-electron chi connectivity index (χ4n) is 3.38. The van der Waals surface area contributed by atoms with Gasteiger partial charge < -0.3 is 10.2 Å². The van der Waals surface area contributed by atoms with Crippen LogP contribution in [0.25, 0.3) is 0 Å². The molecule has 2 aliphatic heterocycles. The van der Waals surface area contributed by atoms with Gasteiger partial charge in [0.1, 0.15) is 0 Å². The fourth-order valence-corrected chi connectivity index (χ4v) is 3.38. The van der Waals surface area contributed by atoms with Gasteiger partial charge in [-0.1, -0.05) is 12.1 Å². The van der Waals surface area contributed by atoms with E-state index in [2.05, 4.69) is 10.2 Å². The van der Waals surface area contributed by atoms with Crippen LogP contribution in [0.2, 0.25) is 0 Å². The summed E-state index contributed by atoms with van der Waals surface area (Å²) in [7, 11) is 0. The van der Waals surface area contributed by atoms with Gasteiger partial charge in [0.05, 0.1) is 11.3 Å². The minimum Gasteiger partial charge on any atom is -0.341 e. The molecule has 0 saturated carbocycles. The normalized spacial score (nSPS) is 22.3. The lowest BCUT2D eigenvalue weighted by Crippen LogP contribution is -2.49. The first kappa shape index (κ1) is 15.9. The van der Waals surface area contributed by atoms with Gasteiger partial charge in [0.15, 0.2) is 0 Å². The largest absolute Gasteiger partial charge is 0.341 e. The number of nitrogens with zero attached hydrogens (tertiary/aromatic N) is 3. The summed E-state index contributed by atoms with van der Waals surface area (Å²) in [5, 5.41) is 14.2. The molecular formula is C16H22N4O3. The van der Waals surface area contributed by atoms with Crippen LogP contribution in [0.1, 0.15) is 12.0 Å². The number of nitro benzene ring substituents is 1. The number of hydrogen-bond donors (Lipinski definition) is 1. The van der Waals surface area contributed by atoms with E-state index in [1.165, 1.54) is 12.1 Å². The molecule has 3 rings (SSSR count). The van der Waals surface area contributed by atoms with Crippen molar-refractivity contribution < 1.29 is 9.72 Å². The Balaban J connectivity index is 1.56. The maximum atomic E-state index is 12.4. The standard InChI is InChI=1S/C16H22N4O3/c21-16(11-13-2-1-3-14(10-13)20(22)23)19-7-4-15(12-19)18-8-5-17-6-9-18/h1-3,10,15,17H,4-9,11-12H2. The summed E-state index contributed by atoms with van der Waals surface area (Å²) in [6, 6.07) is 6.79. The first-order chi connectivity index (χ1) is 11.1. The van der Waals surface area contributed by atoms with E-state index in [1.807, 2.05) is 4.90 Å². The number of nitro groups is 1. The van der Waals surface area contributed by atoms with Crippen molar-refractivity contribution in [2.45, 2.75) is 18.9 Å². The Hall–Kier alpha value is -1.99. The van der Waals surface area contributed by atoms with Crippen LogP contribution in [0.4, 0.5) is 5.69 Å². The zero-order chi connectivity index (χ0) is 16.2. The predicted molar refractivity (Wildman–Crippen MR) is 86.2 cm³/mol. The van der Waals surface area contributed by atoms with E-state index < -0.39 is 4.92 Å². The molecule has 0 spiro atoms. The van der Waals surface area contributed by atoms with Crippen LogP contribution in [0.5, 0.6) is 0 Å². The molecule has 1 aromatic rings. The first-order valence-corrected chi connectivity index (χ1v) is 8.09. The van der Waals surface area contributed by atoms with Crippen LogP contribution >= 0.6 is 0 Å². The lowest BCUT2D eigenvalue weighted by atomic mass is 10.1. The zero-order valence-electron chi connectivity index (χ0n) is 13.1. The molecule has 2 fully saturated rings. The van der Waals surface area contributed by atoms with Gasteiger partial charge >= 0.3 is 0 Å². The lowest BCUT2D eigenvalue weighted by Gasteiger charge is -2.32. The van der Waals surface area contributed by atoms with E-state index in [9.17, 15) is 14.9 Å². The van der Waals surface area contributed by atoms with Gasteiger partial charge in [0.2, 0.25) is 5.91 Å². The minimum atomic E-state index is -0.426. The molecule has 2 saturated heterocycles. The van der Waals surface area contributed by atoms with E-state index >= 15 is 0 Å². The first-order valence-electron chi connectivity index (χ1n) is 8.09. The van der Waals surface area contributed by atoms with Crippen molar-refractivity contribution in [1.82, 2.24) is 15.1 Å². The molecule has 1 aromatic carbocycles. The smallest absolute Gasteiger partial charge is 0.269 e. The van der Waals surface area contributed by atoms with Crippen LogP contribution in [-0.4, -0.2) is 65.9 Å². The molecule has 0 bridgehead atoms. The number of carbonyl (C=O) groups excluding carboxylic acids is 1. The molecule has 0 aliphatic carbocycles. The molecule has 1 amide bonds. The molecule has 0 radical (unpaired) electrons. The number of non-ortho nitro benzene ring substituents is 1. The van der Waals surface area contributed by atoms with E-state index in [-0.39, 0.29) is 18.0 Å². The number of carbonyl (C=O) groups is 1. The van der Waals surface area contributed by atoms with Gasteiger partial charge in [-0.05, 0) is 12.0 Å². The summed E-state index contributed by atoms with van der Waals surface area (Å²) >= 11 is 0. The van der Waals surface area contributed by atoms with E-state index in [4.69, 9.17) is 0 Å². The zero-order valence-corrected chi connectivity index (χ0v) is 13.1. The van der Waals surface area contributed by atoms with Crippen LogP contribution < -0.4 is 5.32 Å². The Kier molecular flexibility index (Phi) is 4.88. The number of piperazine rings is 1. The van der Waals surface area contributed by atoms with Crippen molar-refractivity contribution in [2.75, 3.05) is 39.3 Å². The lowest BCUT2D eigenvalue weighted by molar-refractivity contribution is -0.384. The highest BCUT2D eigenvalue weighted by Gasteiger charge is 2.30. The van der Waals surface area contributed by atoms with E-state index in [0.29, 0.717) is 11.6 Å². The highest BCUT2D eigenvalue weighted by Crippen LogP contribution is 2.19. The Labute approximate surface area is 135 Å². The fraction of sp³-hybridized carbons (Fsp3) is 0.562. The Morgan fingerprint density at radius 1 is 1.30 bits per heavy atom. The van der Waals surface area contributed by atoms with Crippen molar-refractivity contribution in [1.29, 1.82) is 0 Å². The molecule has 23 heavy (non-hydrogen) atoms. The second kappa shape index (κ2) is 7.06. The third kappa shape index (κ3) is 3.86. The number of amides is 1. The van der Waals surface area contributed by atoms with Gasteiger partial charge in [-0.2, -0.15) is 0 Å². The second-order valence-corrected chi connectivity index (χ2v) is 6.17. The Bertz CT molecular complexity index is 586. The highest BCUT2D eigenvalue weighted by atomic mass is 16.6. The van der Waals surface area contributed by atoms with Gasteiger partial charge in [0, 0.05) is 57.4 Å². The van der Waals surface area contributed by atoms with Crippen molar-refractivity contribution in [3.8, 4) is 0 Å². The number of nitrogens with one attached hydrogen (secondary N) is 1. The number of likely N-dealkylation sites (tertiary alicyclic amines) is 1. The van der Waals surface area contributed by atoms with E-state index in [1.54, 1.807) is 12.1 Å². The molecule has 7 heteroatoms. The van der Waals surface area contributed by atoms with Crippen LogP contribution in [0, 0.1) is 10.1 Å². The maximum absolute atomic E-state index is 12.4. The highest BCUT2D eigenvalue weighted by molar-refractivity contribution is 5.79. The molecular weight excluding hydrogens is 296 g/mol. The number of rotatable bonds is 4. The Morgan fingerprint density at radius 3 is 2.83 bits per heavy atom. The van der Waals surface area contributed by atoms with Crippen molar-refractivity contribution in [3.63, 3.8) is 0 Å². The second-order valence-electron chi connectivity index (χ2n) is 6.17. The minimum absolute atomic E-state index is 0.0374. The van der Waals surface area contributed by atoms with Gasteiger partial charge in [-0.15, -0.1) is 0 Å². The van der Waals surface area contributed by atoms with Gasteiger partial charge in [-0.3, -0.25) is 19.8 Å². The summed E-state index contributed by atoms with van der Waals surface area (Å²) in [6.07, 6.45) is 1.25. The predicted octanol–water partition coefficient (Wildman–Crippen LogP) is 0.643. The van der Waals surface area contributed by atoms with Gasteiger partial charge in [-0.25, -0.2) is 0 Å². The third-order valence-corrected chi connectivity index (χ3v) is 4.66. The average molecular weight is 318 g/mol. The molecule has 1 unspecified atom stereocenters. The molecule has 2 heterocycles. The van der Waals surface area contributed by atoms with Crippen molar-refractivity contribution in [3.05, 3.63) is 39.9 Å². The molecule has 1 atom stereocenters. The van der Waals surface area contributed by atoms with Crippen molar-refractivity contribution in [2.24, 2.45) is 0 Å². The summed E-state index contributed by atoms with van der Waals surface area (Å²) in [6.45, 7) is 5.65. The van der Waals surface area contributed by atoms with E-state index in [0.717, 1.165) is 45.7 Å². The summed E-state index contributed by atoms with van der Waals surface area (Å²) in [5.41, 5.74) is 0.741. The average Bonchev–Trinajstić information content (AvgIpc) is 3.06. The third-order valence-electron chi connectivity index (χ3n) is 4.66. The SMILES string of the molecule is O=C(Cc1cccc([N+](=O)[O-])c1)N1CCC(N2CCNCC2)C1. The topological polar surface area (TPSA) is 78.7 Å². The van der Waals surface area contributed by atoms with Gasteiger partial charge in [0.25, 0.3) is 5.69 Å². The van der Waals surface area contributed by atoms with Crippen LogP contribution in [-0.2, 0) is 11.2 Å². The number of hydrogen-bond acceptors (Lipinski definition) is 5. The monoisotopic (exact) mass is 318 g/mol. The molecule has 7 nitrogen and oxygen atoms in total. The van der Waals surface area contributed by atoms with Crippen LogP contribution in [0.3, 0.4) is 0 Å². The maximum Gasteiger partial charge on any atom is 0.269 e. The summed E-state index contributed by atoms with van der Waals surface area (Å²) < 4.78 is 0. The molecule has 1 N–H and O–H groups in total.